The molecule has 1 amide bonds. The molecule has 2 unspecified atom stereocenters. The summed E-state index contributed by atoms with van der Waals surface area (Å²) in [7, 11) is 0. The number of hydrogen-bond donors (Lipinski definition) is 1. The zero-order chi connectivity index (χ0) is 14.7. The topological polar surface area (TPSA) is 32.3 Å². The van der Waals surface area contributed by atoms with Gasteiger partial charge >= 0.3 is 0 Å². The van der Waals surface area contributed by atoms with Gasteiger partial charge in [-0.05, 0) is 42.0 Å². The molecule has 2 atom stereocenters. The van der Waals surface area contributed by atoms with Crippen LogP contribution in [0.2, 0.25) is 0 Å². The second-order valence-corrected chi connectivity index (χ2v) is 8.68. The van der Waals surface area contributed by atoms with Crippen LogP contribution in [0, 0.1) is 11.3 Å². The van der Waals surface area contributed by atoms with Crippen molar-refractivity contribution >= 4 is 17.2 Å². The molecule has 2 aliphatic carbocycles. The molecule has 3 nitrogen and oxygen atoms in total. The van der Waals surface area contributed by atoms with Gasteiger partial charge in [0, 0.05) is 11.4 Å². The van der Waals surface area contributed by atoms with Crippen LogP contribution in [0.1, 0.15) is 57.0 Å². The molecule has 2 heterocycles. The van der Waals surface area contributed by atoms with E-state index in [0.717, 1.165) is 19.4 Å². The van der Waals surface area contributed by atoms with Crippen LogP contribution in [-0.2, 0) is 4.79 Å². The summed E-state index contributed by atoms with van der Waals surface area (Å²) in [5.41, 5.74) is 0.166. The monoisotopic (exact) mass is 304 g/mol. The zero-order valence-electron chi connectivity index (χ0n) is 12.9. The van der Waals surface area contributed by atoms with E-state index in [1.165, 1.54) is 24.1 Å². The summed E-state index contributed by atoms with van der Waals surface area (Å²) in [6.45, 7) is 5.55. The Hall–Kier alpha value is -0.870. The number of nitrogens with zero attached hydrogens (tertiary/aromatic N) is 1. The minimum atomic E-state index is -0.256. The van der Waals surface area contributed by atoms with Crippen molar-refractivity contribution in [3.63, 3.8) is 0 Å². The number of hydrogen-bond acceptors (Lipinski definition) is 3. The van der Waals surface area contributed by atoms with Crippen molar-refractivity contribution in [2.24, 2.45) is 11.3 Å². The van der Waals surface area contributed by atoms with Gasteiger partial charge in [0.25, 0.3) is 0 Å². The average molecular weight is 304 g/mol. The second kappa shape index (κ2) is 4.56. The number of rotatable bonds is 3. The van der Waals surface area contributed by atoms with Crippen LogP contribution in [0.4, 0.5) is 0 Å². The lowest BCUT2D eigenvalue weighted by atomic mass is 9.98. The molecule has 0 bridgehead atoms. The Balaban J connectivity index is 1.62. The third kappa shape index (κ3) is 2.15. The standard InChI is InChI=1S/C17H24N2OS/c1-16(2)10-12(16)11-19-14(13-6-5-9-21-13)18-17(15(19)20)7-3-4-8-17/h5-6,9,12,14,18H,3-4,7-8,10-11H2,1-2H3. The molecule has 2 saturated carbocycles. The molecule has 3 aliphatic rings. The van der Waals surface area contributed by atoms with Gasteiger partial charge in [0.2, 0.25) is 5.91 Å². The van der Waals surface area contributed by atoms with Crippen LogP contribution in [0.15, 0.2) is 17.5 Å². The molecule has 1 saturated heterocycles. The molecule has 0 radical (unpaired) electrons. The van der Waals surface area contributed by atoms with Gasteiger partial charge in [0.15, 0.2) is 0 Å². The van der Waals surface area contributed by atoms with E-state index in [4.69, 9.17) is 0 Å². The molecule has 0 aromatic carbocycles. The first-order valence-electron chi connectivity index (χ1n) is 8.14. The maximum Gasteiger partial charge on any atom is 0.244 e. The minimum absolute atomic E-state index is 0.104. The first-order valence-corrected chi connectivity index (χ1v) is 9.02. The normalized spacial score (nSPS) is 33.0. The fourth-order valence-corrected chi connectivity index (χ4v) is 4.90. The Bertz CT molecular complexity index is 545. The maximum atomic E-state index is 13.1. The van der Waals surface area contributed by atoms with Crippen LogP contribution < -0.4 is 5.32 Å². The van der Waals surface area contributed by atoms with Gasteiger partial charge in [-0.3, -0.25) is 10.1 Å². The molecule has 4 heteroatoms. The average Bonchev–Trinajstić information content (AvgIpc) is 2.96. The van der Waals surface area contributed by atoms with E-state index in [-0.39, 0.29) is 11.7 Å². The van der Waals surface area contributed by atoms with Crippen LogP contribution in [0.5, 0.6) is 0 Å². The van der Waals surface area contributed by atoms with Crippen LogP contribution in [0.3, 0.4) is 0 Å². The SMILES string of the molecule is CC1(C)CC1CN1C(=O)C2(CCCC2)NC1c1cccs1. The van der Waals surface area contributed by atoms with Gasteiger partial charge < -0.3 is 4.90 Å². The fraction of sp³-hybridized carbons (Fsp3) is 0.706. The summed E-state index contributed by atoms with van der Waals surface area (Å²) < 4.78 is 0. The van der Waals surface area contributed by atoms with Gasteiger partial charge in [-0.25, -0.2) is 0 Å². The lowest BCUT2D eigenvalue weighted by Crippen LogP contribution is -2.44. The molecule has 1 aromatic heterocycles. The van der Waals surface area contributed by atoms with Crippen LogP contribution in [-0.4, -0.2) is 22.9 Å². The predicted molar refractivity (Wildman–Crippen MR) is 85.0 cm³/mol. The molecule has 21 heavy (non-hydrogen) atoms. The molecule has 3 fully saturated rings. The van der Waals surface area contributed by atoms with E-state index in [1.807, 2.05) is 0 Å². The van der Waals surface area contributed by atoms with Crippen molar-refractivity contribution in [1.82, 2.24) is 10.2 Å². The first kappa shape index (κ1) is 13.8. The Morgan fingerprint density at radius 3 is 2.67 bits per heavy atom. The second-order valence-electron chi connectivity index (χ2n) is 7.70. The molecular formula is C17H24N2OS. The van der Waals surface area contributed by atoms with E-state index in [9.17, 15) is 4.79 Å². The first-order chi connectivity index (χ1) is 10.0. The Morgan fingerprint density at radius 1 is 1.38 bits per heavy atom. The lowest BCUT2D eigenvalue weighted by Gasteiger charge is -2.24. The zero-order valence-corrected chi connectivity index (χ0v) is 13.7. The highest BCUT2D eigenvalue weighted by Gasteiger charge is 2.55. The van der Waals surface area contributed by atoms with Crippen molar-refractivity contribution in [1.29, 1.82) is 0 Å². The highest BCUT2D eigenvalue weighted by atomic mass is 32.1. The lowest BCUT2D eigenvalue weighted by molar-refractivity contribution is -0.133. The Kier molecular flexibility index (Phi) is 2.99. The third-order valence-corrected chi connectivity index (χ3v) is 6.72. The number of carbonyl (C=O) groups excluding carboxylic acids is 1. The quantitative estimate of drug-likeness (QED) is 0.926. The summed E-state index contributed by atoms with van der Waals surface area (Å²) in [6, 6.07) is 4.25. The van der Waals surface area contributed by atoms with E-state index < -0.39 is 0 Å². The molecule has 1 spiro atoms. The largest absolute Gasteiger partial charge is 0.320 e. The summed E-state index contributed by atoms with van der Waals surface area (Å²) in [4.78, 5) is 16.5. The fourth-order valence-electron chi connectivity index (χ4n) is 4.12. The number of carbonyl (C=O) groups is 1. The van der Waals surface area contributed by atoms with Gasteiger partial charge in [0.05, 0.1) is 5.54 Å². The Labute approximate surface area is 130 Å². The van der Waals surface area contributed by atoms with Crippen molar-refractivity contribution in [3.05, 3.63) is 22.4 Å². The number of nitrogens with one attached hydrogen (secondary N) is 1. The number of amides is 1. The highest BCUT2D eigenvalue weighted by Crippen LogP contribution is 2.53. The molecule has 1 N–H and O–H groups in total. The summed E-state index contributed by atoms with van der Waals surface area (Å²) >= 11 is 1.76. The van der Waals surface area contributed by atoms with E-state index in [0.29, 0.717) is 17.2 Å². The van der Waals surface area contributed by atoms with Gasteiger partial charge in [-0.2, -0.15) is 0 Å². The highest BCUT2D eigenvalue weighted by molar-refractivity contribution is 7.10. The van der Waals surface area contributed by atoms with Gasteiger partial charge in [-0.15, -0.1) is 11.3 Å². The van der Waals surface area contributed by atoms with E-state index in [1.54, 1.807) is 11.3 Å². The summed E-state index contributed by atoms with van der Waals surface area (Å²) in [6.07, 6.45) is 5.74. The van der Waals surface area contributed by atoms with Crippen molar-refractivity contribution in [3.8, 4) is 0 Å². The third-order valence-electron chi connectivity index (χ3n) is 5.80. The smallest absolute Gasteiger partial charge is 0.244 e. The molecular weight excluding hydrogens is 280 g/mol. The summed E-state index contributed by atoms with van der Waals surface area (Å²) in [5.74, 6) is 1.03. The predicted octanol–water partition coefficient (Wildman–Crippen LogP) is 3.54. The Morgan fingerprint density at radius 2 is 2.10 bits per heavy atom. The van der Waals surface area contributed by atoms with Gasteiger partial charge in [-0.1, -0.05) is 32.8 Å². The molecule has 1 aliphatic heterocycles. The summed E-state index contributed by atoms with van der Waals surface area (Å²) in [5, 5.41) is 5.83. The minimum Gasteiger partial charge on any atom is -0.320 e. The maximum absolute atomic E-state index is 13.1. The molecule has 114 valence electrons. The van der Waals surface area contributed by atoms with Crippen LogP contribution in [0.25, 0.3) is 0 Å². The molecule has 4 rings (SSSR count). The molecule has 1 aromatic rings. The van der Waals surface area contributed by atoms with Crippen molar-refractivity contribution < 1.29 is 4.79 Å². The van der Waals surface area contributed by atoms with Gasteiger partial charge in [0.1, 0.15) is 6.17 Å². The van der Waals surface area contributed by atoms with E-state index >= 15 is 0 Å². The number of thiophene rings is 1. The van der Waals surface area contributed by atoms with Crippen molar-refractivity contribution in [2.45, 2.75) is 57.7 Å². The van der Waals surface area contributed by atoms with Crippen LogP contribution >= 0.6 is 11.3 Å². The van der Waals surface area contributed by atoms with E-state index in [2.05, 4.69) is 41.6 Å². The van der Waals surface area contributed by atoms with Crippen molar-refractivity contribution in [2.75, 3.05) is 6.54 Å².